The first kappa shape index (κ1) is 31.3. The summed E-state index contributed by atoms with van der Waals surface area (Å²) >= 11 is 12.0. The van der Waals surface area contributed by atoms with E-state index >= 15 is 0 Å². The van der Waals surface area contributed by atoms with Gasteiger partial charge >= 0.3 is 17.9 Å². The Kier molecular flexibility index (Phi) is 8.29. The van der Waals surface area contributed by atoms with Crippen molar-refractivity contribution < 1.29 is 28.6 Å². The molecule has 2 aromatic heterocycles. The number of benzene rings is 5. The van der Waals surface area contributed by atoms with Gasteiger partial charge in [0, 0.05) is 54.8 Å². The van der Waals surface area contributed by atoms with Crippen molar-refractivity contribution in [1.82, 2.24) is 9.97 Å². The van der Waals surface area contributed by atoms with Crippen LogP contribution in [-0.4, -0.2) is 34.5 Å². The molecule has 10 heteroatoms. The van der Waals surface area contributed by atoms with Crippen LogP contribution < -0.4 is 9.47 Å². The summed E-state index contributed by atoms with van der Waals surface area (Å²) in [5.41, 5.74) is 2.49. The lowest BCUT2D eigenvalue weighted by Crippen LogP contribution is -2.14. The third-order valence-electron chi connectivity index (χ3n) is 8.21. The fraction of sp³-hybridized carbons (Fsp3) is 0.132. The van der Waals surface area contributed by atoms with Crippen LogP contribution in [0.5, 0.6) is 11.5 Å². The van der Waals surface area contributed by atoms with Crippen molar-refractivity contribution in [1.29, 1.82) is 0 Å². The number of unbranched alkanes of at least 4 members (excludes halogenated alkanes) is 1. The highest BCUT2D eigenvalue weighted by molar-refractivity contribution is 6.35. The van der Waals surface area contributed by atoms with Gasteiger partial charge in [0.25, 0.3) is 0 Å². The molecule has 0 aliphatic rings. The Morgan fingerprint density at radius 2 is 1.10 bits per heavy atom. The monoisotopic (exact) mass is 676 g/mol. The second-order valence-corrected chi connectivity index (χ2v) is 12.2. The van der Waals surface area contributed by atoms with Crippen LogP contribution in [0.1, 0.15) is 56.4 Å². The van der Waals surface area contributed by atoms with Gasteiger partial charge in [-0.15, -0.1) is 0 Å². The van der Waals surface area contributed by atoms with Gasteiger partial charge in [-0.1, -0.05) is 48.7 Å². The van der Waals surface area contributed by atoms with Crippen molar-refractivity contribution >= 4 is 84.5 Å². The molecular weight excluding hydrogens is 651 g/mol. The van der Waals surface area contributed by atoms with Crippen LogP contribution in [0.15, 0.2) is 85.2 Å². The standard InChI is InChI=1S/C38H26Cl2N2O6/c1-3-4-17-46-36(43)29-19-42-35-25-13-15-27(37(44)47-23-9-5-21(39)6-10-23)30-20(2)18-41-34(32(25)30)26-14-16-28(31(29)33(26)35)38(45)48-24-11-7-22(40)8-12-24/h5-16,18-19H,3-4,17H2,1-2H3. The van der Waals surface area contributed by atoms with Gasteiger partial charge in [-0.05, 0) is 79.6 Å². The number of pyridine rings is 2. The number of carbonyl (C=O) groups excluding carboxylic acids is 3. The van der Waals surface area contributed by atoms with E-state index in [0.717, 1.165) is 12.0 Å². The number of rotatable bonds is 8. The van der Waals surface area contributed by atoms with Crippen LogP contribution in [0.4, 0.5) is 0 Å². The topological polar surface area (TPSA) is 105 Å². The largest absolute Gasteiger partial charge is 0.462 e. The molecule has 7 aromatic rings. The minimum atomic E-state index is -0.670. The average Bonchev–Trinajstić information content (AvgIpc) is 3.09. The smallest absolute Gasteiger partial charge is 0.344 e. The van der Waals surface area contributed by atoms with Gasteiger partial charge < -0.3 is 14.2 Å². The molecular formula is C38H26Cl2N2O6. The minimum absolute atomic E-state index is 0.129. The number of carbonyl (C=O) groups is 3. The fourth-order valence-electron chi connectivity index (χ4n) is 5.95. The highest BCUT2D eigenvalue weighted by Crippen LogP contribution is 2.42. The van der Waals surface area contributed by atoms with Crippen LogP contribution >= 0.6 is 23.2 Å². The Balaban J connectivity index is 1.46. The van der Waals surface area contributed by atoms with Crippen LogP contribution in [0.3, 0.4) is 0 Å². The second kappa shape index (κ2) is 12.7. The zero-order valence-corrected chi connectivity index (χ0v) is 27.3. The second-order valence-electron chi connectivity index (χ2n) is 11.3. The number of aromatic nitrogens is 2. The number of hydrogen-bond donors (Lipinski definition) is 0. The summed E-state index contributed by atoms with van der Waals surface area (Å²) in [6.45, 7) is 4.09. The molecule has 238 valence electrons. The lowest BCUT2D eigenvalue weighted by atomic mass is 9.89. The fourth-order valence-corrected chi connectivity index (χ4v) is 6.20. The Morgan fingerprint density at radius 3 is 1.65 bits per heavy atom. The third-order valence-corrected chi connectivity index (χ3v) is 8.71. The van der Waals surface area contributed by atoms with Gasteiger partial charge in [-0.2, -0.15) is 0 Å². The molecule has 0 saturated heterocycles. The van der Waals surface area contributed by atoms with E-state index in [9.17, 15) is 14.4 Å². The molecule has 0 fully saturated rings. The van der Waals surface area contributed by atoms with E-state index in [1.165, 1.54) is 6.20 Å². The lowest BCUT2D eigenvalue weighted by molar-refractivity contribution is 0.0501. The molecule has 2 heterocycles. The maximum absolute atomic E-state index is 13.7. The quantitative estimate of drug-likeness (QED) is 0.0515. The molecule has 0 aliphatic carbocycles. The lowest BCUT2D eigenvalue weighted by Gasteiger charge is -2.18. The molecule has 0 spiro atoms. The van der Waals surface area contributed by atoms with Crippen molar-refractivity contribution in [2.75, 3.05) is 6.61 Å². The molecule has 0 unspecified atom stereocenters. The molecule has 48 heavy (non-hydrogen) atoms. The summed E-state index contributed by atoms with van der Waals surface area (Å²) in [6.07, 6.45) is 4.65. The highest BCUT2D eigenvalue weighted by Gasteiger charge is 2.27. The van der Waals surface area contributed by atoms with Crippen LogP contribution in [0.2, 0.25) is 10.0 Å². The third kappa shape index (κ3) is 5.53. The van der Waals surface area contributed by atoms with Crippen LogP contribution in [0.25, 0.3) is 43.4 Å². The number of nitrogens with zero attached hydrogens (tertiary/aromatic N) is 2. The first-order valence-electron chi connectivity index (χ1n) is 15.3. The maximum Gasteiger partial charge on any atom is 0.344 e. The van der Waals surface area contributed by atoms with Crippen molar-refractivity contribution in [3.8, 4) is 11.5 Å². The minimum Gasteiger partial charge on any atom is -0.462 e. The van der Waals surface area contributed by atoms with E-state index < -0.39 is 17.9 Å². The van der Waals surface area contributed by atoms with Crippen molar-refractivity contribution in [3.05, 3.63) is 117 Å². The normalized spacial score (nSPS) is 11.4. The van der Waals surface area contributed by atoms with E-state index in [2.05, 4.69) is 0 Å². The van der Waals surface area contributed by atoms with Gasteiger partial charge in [0.15, 0.2) is 0 Å². The van der Waals surface area contributed by atoms with E-state index in [-0.39, 0.29) is 17.7 Å². The number of fused-ring (bicyclic) bond motifs is 2. The number of ether oxygens (including phenoxy) is 3. The van der Waals surface area contributed by atoms with Gasteiger partial charge in [0.1, 0.15) is 11.5 Å². The van der Waals surface area contributed by atoms with E-state index in [4.69, 9.17) is 47.4 Å². The maximum atomic E-state index is 13.7. The molecule has 0 aliphatic heterocycles. The van der Waals surface area contributed by atoms with Crippen LogP contribution in [-0.2, 0) is 4.74 Å². The molecule has 7 rings (SSSR count). The zero-order valence-electron chi connectivity index (χ0n) is 25.8. The van der Waals surface area contributed by atoms with Gasteiger partial charge in [0.05, 0.1) is 34.3 Å². The van der Waals surface area contributed by atoms with Gasteiger partial charge in [0.2, 0.25) is 0 Å². The molecule has 0 amide bonds. The first-order valence-corrected chi connectivity index (χ1v) is 16.0. The van der Waals surface area contributed by atoms with Crippen molar-refractivity contribution in [2.45, 2.75) is 26.7 Å². The molecule has 0 N–H and O–H groups in total. The van der Waals surface area contributed by atoms with Crippen molar-refractivity contribution in [2.24, 2.45) is 0 Å². The zero-order chi connectivity index (χ0) is 33.5. The number of esters is 3. The Labute approximate surface area is 284 Å². The molecule has 0 radical (unpaired) electrons. The first-order chi connectivity index (χ1) is 23.2. The van der Waals surface area contributed by atoms with E-state index in [1.54, 1.807) is 79.0 Å². The molecule has 5 aromatic carbocycles. The molecule has 0 bridgehead atoms. The summed E-state index contributed by atoms with van der Waals surface area (Å²) in [6, 6.07) is 19.8. The Hall–Kier alpha value is -5.31. The number of aryl methyl sites for hydroxylation is 1. The van der Waals surface area contributed by atoms with Gasteiger partial charge in [-0.3, -0.25) is 9.97 Å². The van der Waals surface area contributed by atoms with E-state index in [1.807, 2.05) is 13.8 Å². The van der Waals surface area contributed by atoms with Gasteiger partial charge in [-0.25, -0.2) is 14.4 Å². The predicted octanol–water partition coefficient (Wildman–Crippen LogP) is 9.54. The molecule has 0 saturated carbocycles. The summed E-state index contributed by atoms with van der Waals surface area (Å²) < 4.78 is 17.0. The molecule has 8 nitrogen and oxygen atoms in total. The summed E-state index contributed by atoms with van der Waals surface area (Å²) in [5, 5.41) is 4.60. The Bertz CT molecular complexity index is 2370. The predicted molar refractivity (Wildman–Crippen MR) is 186 cm³/mol. The summed E-state index contributed by atoms with van der Waals surface area (Å²) in [5.74, 6) is -1.17. The number of hydrogen-bond acceptors (Lipinski definition) is 8. The number of halogens is 2. The average molecular weight is 678 g/mol. The van der Waals surface area contributed by atoms with E-state index in [0.29, 0.717) is 76.9 Å². The Morgan fingerprint density at radius 1 is 0.604 bits per heavy atom. The van der Waals surface area contributed by atoms with Crippen LogP contribution in [0, 0.1) is 6.92 Å². The summed E-state index contributed by atoms with van der Waals surface area (Å²) in [4.78, 5) is 50.4. The molecule has 0 atom stereocenters. The highest BCUT2D eigenvalue weighted by atomic mass is 35.5. The summed E-state index contributed by atoms with van der Waals surface area (Å²) in [7, 11) is 0. The van der Waals surface area contributed by atoms with Crippen molar-refractivity contribution in [3.63, 3.8) is 0 Å². The SMILES string of the molecule is CCCCOC(=O)c1cnc2c3ccc(C(=O)Oc4ccc(Cl)cc4)c4c(C)cnc(c5ccc(C(=O)Oc6ccc(Cl)cc6)c1c52)c43.